The quantitative estimate of drug-likeness (QED) is 0.850. The number of hydrogen-bond acceptors (Lipinski definition) is 3. The van der Waals surface area contributed by atoms with Crippen LogP contribution in [0, 0.1) is 5.92 Å². The van der Waals surface area contributed by atoms with E-state index in [-0.39, 0.29) is 5.91 Å². The molecule has 108 valence electrons. The standard InChI is InChI=1S/C16H23N3O/c17-15(13-4-2-1-3-5-13)16(20)18-10-12-8-9-19(11-12)14-6-7-14/h1-5,12,14-15H,6-11,17H2,(H,18,20). The van der Waals surface area contributed by atoms with Gasteiger partial charge in [-0.15, -0.1) is 0 Å². The van der Waals surface area contributed by atoms with Gasteiger partial charge in [0.15, 0.2) is 0 Å². The van der Waals surface area contributed by atoms with Gasteiger partial charge >= 0.3 is 0 Å². The highest BCUT2D eigenvalue weighted by Gasteiger charge is 2.34. The fraction of sp³-hybridized carbons (Fsp3) is 0.562. The minimum Gasteiger partial charge on any atom is -0.354 e. The Bertz CT molecular complexity index is 458. The van der Waals surface area contributed by atoms with Crippen LogP contribution in [-0.2, 0) is 4.79 Å². The zero-order chi connectivity index (χ0) is 13.9. The monoisotopic (exact) mass is 273 g/mol. The van der Waals surface area contributed by atoms with Gasteiger partial charge in [-0.25, -0.2) is 0 Å². The van der Waals surface area contributed by atoms with Gasteiger partial charge in [0.1, 0.15) is 6.04 Å². The number of carbonyl (C=O) groups is 1. The Morgan fingerprint density at radius 3 is 2.75 bits per heavy atom. The zero-order valence-corrected chi connectivity index (χ0v) is 11.8. The van der Waals surface area contributed by atoms with Crippen molar-refractivity contribution < 1.29 is 4.79 Å². The molecule has 0 radical (unpaired) electrons. The van der Waals surface area contributed by atoms with Gasteiger partial charge in [0.2, 0.25) is 5.91 Å². The van der Waals surface area contributed by atoms with Crippen LogP contribution in [0.2, 0.25) is 0 Å². The third kappa shape index (κ3) is 3.19. The van der Waals surface area contributed by atoms with Crippen molar-refractivity contribution >= 4 is 5.91 Å². The molecule has 20 heavy (non-hydrogen) atoms. The first-order valence-electron chi connectivity index (χ1n) is 7.56. The summed E-state index contributed by atoms with van der Waals surface area (Å²) in [5.74, 6) is 0.517. The molecule has 1 saturated heterocycles. The minimum absolute atomic E-state index is 0.0685. The second-order valence-electron chi connectivity index (χ2n) is 6.01. The lowest BCUT2D eigenvalue weighted by Crippen LogP contribution is -2.37. The van der Waals surface area contributed by atoms with Crippen LogP contribution in [-0.4, -0.2) is 36.5 Å². The van der Waals surface area contributed by atoms with Crippen LogP contribution >= 0.6 is 0 Å². The molecular weight excluding hydrogens is 250 g/mol. The zero-order valence-electron chi connectivity index (χ0n) is 11.8. The summed E-state index contributed by atoms with van der Waals surface area (Å²) >= 11 is 0. The van der Waals surface area contributed by atoms with Crippen molar-refractivity contribution in [3.05, 3.63) is 35.9 Å². The summed E-state index contributed by atoms with van der Waals surface area (Å²) in [6.45, 7) is 3.07. The Hall–Kier alpha value is -1.39. The third-order valence-corrected chi connectivity index (χ3v) is 4.39. The molecule has 2 unspecified atom stereocenters. The van der Waals surface area contributed by atoms with Crippen LogP contribution in [0.5, 0.6) is 0 Å². The van der Waals surface area contributed by atoms with Gasteiger partial charge in [0, 0.05) is 19.1 Å². The Kier molecular flexibility index (Phi) is 4.03. The van der Waals surface area contributed by atoms with E-state index in [1.165, 1.54) is 25.8 Å². The Morgan fingerprint density at radius 2 is 2.05 bits per heavy atom. The number of rotatable bonds is 5. The van der Waals surface area contributed by atoms with Crippen LogP contribution < -0.4 is 11.1 Å². The van der Waals surface area contributed by atoms with Crippen molar-refractivity contribution in [2.75, 3.05) is 19.6 Å². The molecular formula is C16H23N3O. The SMILES string of the molecule is NC(C(=O)NCC1CCN(C2CC2)C1)c1ccccc1. The van der Waals surface area contributed by atoms with Crippen LogP contribution in [0.25, 0.3) is 0 Å². The average Bonchev–Trinajstić information content (AvgIpc) is 3.24. The molecule has 1 amide bonds. The summed E-state index contributed by atoms with van der Waals surface area (Å²) in [4.78, 5) is 14.6. The first kappa shape index (κ1) is 13.6. The molecule has 3 N–H and O–H groups in total. The number of benzene rings is 1. The highest BCUT2D eigenvalue weighted by Crippen LogP contribution is 2.31. The van der Waals surface area contributed by atoms with E-state index in [4.69, 9.17) is 5.73 Å². The van der Waals surface area contributed by atoms with Gasteiger partial charge < -0.3 is 16.0 Å². The second-order valence-corrected chi connectivity index (χ2v) is 6.01. The number of nitrogens with zero attached hydrogens (tertiary/aromatic N) is 1. The summed E-state index contributed by atoms with van der Waals surface area (Å²) in [5, 5.41) is 3.01. The molecule has 2 aliphatic rings. The van der Waals surface area contributed by atoms with E-state index < -0.39 is 6.04 Å². The van der Waals surface area contributed by atoms with Crippen molar-refractivity contribution in [2.24, 2.45) is 11.7 Å². The van der Waals surface area contributed by atoms with Gasteiger partial charge in [-0.3, -0.25) is 4.79 Å². The van der Waals surface area contributed by atoms with E-state index in [2.05, 4.69) is 10.2 Å². The molecule has 0 bridgehead atoms. The fourth-order valence-electron chi connectivity index (χ4n) is 2.97. The molecule has 1 aliphatic heterocycles. The molecule has 1 aromatic rings. The molecule has 4 heteroatoms. The number of nitrogens with two attached hydrogens (primary N) is 1. The van der Waals surface area contributed by atoms with Gasteiger partial charge in [-0.1, -0.05) is 30.3 Å². The summed E-state index contributed by atoms with van der Waals surface area (Å²) in [6, 6.07) is 9.82. The van der Waals surface area contributed by atoms with Crippen molar-refractivity contribution in [2.45, 2.75) is 31.3 Å². The summed E-state index contributed by atoms with van der Waals surface area (Å²) in [7, 11) is 0. The normalized spacial score (nSPS) is 24.6. The second kappa shape index (κ2) is 5.94. The Balaban J connectivity index is 1.45. The maximum Gasteiger partial charge on any atom is 0.241 e. The number of nitrogens with one attached hydrogen (secondary N) is 1. The fourth-order valence-corrected chi connectivity index (χ4v) is 2.97. The van der Waals surface area contributed by atoms with E-state index in [0.717, 1.165) is 24.7 Å². The number of carbonyl (C=O) groups excluding carboxylic acids is 1. The minimum atomic E-state index is -0.558. The van der Waals surface area contributed by atoms with Crippen LogP contribution in [0.15, 0.2) is 30.3 Å². The lowest BCUT2D eigenvalue weighted by molar-refractivity contribution is -0.122. The van der Waals surface area contributed by atoms with E-state index in [1.54, 1.807) is 0 Å². The van der Waals surface area contributed by atoms with E-state index in [1.807, 2.05) is 30.3 Å². The molecule has 1 heterocycles. The molecule has 1 aromatic carbocycles. The topological polar surface area (TPSA) is 58.4 Å². The molecule has 0 aromatic heterocycles. The average molecular weight is 273 g/mol. The molecule has 1 aliphatic carbocycles. The summed E-state index contributed by atoms with van der Waals surface area (Å²) in [6.07, 6.45) is 3.91. The van der Waals surface area contributed by atoms with Crippen molar-refractivity contribution in [3.63, 3.8) is 0 Å². The number of amides is 1. The first-order chi connectivity index (χ1) is 9.74. The third-order valence-electron chi connectivity index (χ3n) is 4.39. The molecule has 2 fully saturated rings. The van der Waals surface area contributed by atoms with Crippen LogP contribution in [0.1, 0.15) is 30.9 Å². The van der Waals surface area contributed by atoms with Crippen molar-refractivity contribution in [3.8, 4) is 0 Å². The molecule has 4 nitrogen and oxygen atoms in total. The highest BCUT2D eigenvalue weighted by molar-refractivity contribution is 5.82. The molecule has 0 spiro atoms. The van der Waals surface area contributed by atoms with Crippen molar-refractivity contribution in [1.82, 2.24) is 10.2 Å². The summed E-state index contributed by atoms with van der Waals surface area (Å²) in [5.41, 5.74) is 6.86. The Morgan fingerprint density at radius 1 is 1.30 bits per heavy atom. The van der Waals surface area contributed by atoms with Crippen molar-refractivity contribution in [1.29, 1.82) is 0 Å². The highest BCUT2D eigenvalue weighted by atomic mass is 16.2. The smallest absolute Gasteiger partial charge is 0.241 e. The molecule has 2 atom stereocenters. The molecule has 1 saturated carbocycles. The summed E-state index contributed by atoms with van der Waals surface area (Å²) < 4.78 is 0. The van der Waals surface area contributed by atoms with E-state index in [0.29, 0.717) is 5.92 Å². The lowest BCUT2D eigenvalue weighted by atomic mass is 10.1. The van der Waals surface area contributed by atoms with Gasteiger partial charge in [0.25, 0.3) is 0 Å². The van der Waals surface area contributed by atoms with Crippen LogP contribution in [0.3, 0.4) is 0 Å². The predicted octanol–water partition coefficient (Wildman–Crippen LogP) is 1.29. The number of likely N-dealkylation sites (tertiary alicyclic amines) is 1. The lowest BCUT2D eigenvalue weighted by Gasteiger charge is -2.17. The maximum absolute atomic E-state index is 12.1. The first-order valence-corrected chi connectivity index (χ1v) is 7.56. The van der Waals surface area contributed by atoms with E-state index >= 15 is 0 Å². The van der Waals surface area contributed by atoms with Gasteiger partial charge in [-0.2, -0.15) is 0 Å². The number of hydrogen-bond donors (Lipinski definition) is 2. The van der Waals surface area contributed by atoms with Gasteiger partial charge in [-0.05, 0) is 37.3 Å². The Labute approximate surface area is 120 Å². The predicted molar refractivity (Wildman–Crippen MR) is 79.1 cm³/mol. The maximum atomic E-state index is 12.1. The largest absolute Gasteiger partial charge is 0.354 e. The molecule has 3 rings (SSSR count). The van der Waals surface area contributed by atoms with E-state index in [9.17, 15) is 4.79 Å². The van der Waals surface area contributed by atoms with Gasteiger partial charge in [0.05, 0.1) is 0 Å². The van der Waals surface area contributed by atoms with Crippen LogP contribution in [0.4, 0.5) is 0 Å².